The minimum atomic E-state index is -0.564. The summed E-state index contributed by atoms with van der Waals surface area (Å²) >= 11 is 12.1. The summed E-state index contributed by atoms with van der Waals surface area (Å²) in [6.45, 7) is 2.62. The number of benzene rings is 2. The standard InChI is InChI=1S/C19H17Cl2N5O3/c1-2-28-17-7-12(9-22-25-18-10-23-26-19(27)24-18)3-6-16(17)29-11-13-4-5-14(20)8-15(13)21/h3-10H,2,11H2,1H3,(H2,24,25,26,27)/b22-9+. The molecule has 0 aliphatic rings. The zero-order chi connectivity index (χ0) is 20.6. The Kier molecular flexibility index (Phi) is 7.04. The highest BCUT2D eigenvalue weighted by molar-refractivity contribution is 6.35. The summed E-state index contributed by atoms with van der Waals surface area (Å²) in [6, 6.07) is 10.6. The van der Waals surface area contributed by atoms with Crippen molar-refractivity contribution < 1.29 is 9.47 Å². The van der Waals surface area contributed by atoms with Crippen molar-refractivity contribution in [1.82, 2.24) is 15.2 Å². The van der Waals surface area contributed by atoms with Crippen LogP contribution in [0, 0.1) is 0 Å². The molecule has 3 aromatic rings. The van der Waals surface area contributed by atoms with Crippen molar-refractivity contribution in [2.45, 2.75) is 13.5 Å². The summed E-state index contributed by atoms with van der Waals surface area (Å²) in [5, 5.41) is 11.0. The van der Waals surface area contributed by atoms with Crippen molar-refractivity contribution in [3.05, 3.63) is 74.3 Å². The molecule has 0 aliphatic carbocycles. The topological polar surface area (TPSA) is 101 Å². The van der Waals surface area contributed by atoms with E-state index in [0.29, 0.717) is 28.2 Å². The second kappa shape index (κ2) is 9.90. The molecule has 10 heteroatoms. The van der Waals surface area contributed by atoms with E-state index in [1.54, 1.807) is 30.5 Å². The molecular formula is C19H17Cl2N5O3. The first kappa shape index (κ1) is 20.6. The van der Waals surface area contributed by atoms with Gasteiger partial charge in [-0.15, -0.1) is 0 Å². The van der Waals surface area contributed by atoms with Gasteiger partial charge in [0.1, 0.15) is 6.61 Å². The van der Waals surface area contributed by atoms with Crippen molar-refractivity contribution in [2.24, 2.45) is 5.10 Å². The molecule has 1 aromatic heterocycles. The lowest BCUT2D eigenvalue weighted by atomic mass is 10.2. The zero-order valence-electron chi connectivity index (χ0n) is 15.4. The Hall–Kier alpha value is -3.10. The van der Waals surface area contributed by atoms with Gasteiger partial charge in [-0.2, -0.15) is 15.2 Å². The number of ether oxygens (including phenoxy) is 2. The molecule has 0 saturated carbocycles. The van der Waals surface area contributed by atoms with Gasteiger partial charge in [-0.25, -0.2) is 9.89 Å². The average molecular weight is 434 g/mol. The lowest BCUT2D eigenvalue weighted by Gasteiger charge is -2.13. The van der Waals surface area contributed by atoms with Crippen LogP contribution >= 0.6 is 23.2 Å². The number of aromatic amines is 1. The molecule has 0 aliphatic heterocycles. The number of hydrogen-bond donors (Lipinski definition) is 2. The third-order valence-corrected chi connectivity index (χ3v) is 4.21. The highest BCUT2D eigenvalue weighted by Crippen LogP contribution is 2.30. The van der Waals surface area contributed by atoms with E-state index in [1.165, 1.54) is 6.20 Å². The van der Waals surface area contributed by atoms with E-state index in [-0.39, 0.29) is 12.4 Å². The summed E-state index contributed by atoms with van der Waals surface area (Å²) in [5.41, 5.74) is 3.64. The predicted octanol–water partition coefficient (Wildman–Crippen LogP) is 3.90. The number of aromatic nitrogens is 3. The summed E-state index contributed by atoms with van der Waals surface area (Å²) in [7, 11) is 0. The molecule has 0 fully saturated rings. The van der Waals surface area contributed by atoms with Crippen LogP contribution in [0.3, 0.4) is 0 Å². The van der Waals surface area contributed by atoms with Crippen LogP contribution in [0.15, 0.2) is 52.5 Å². The van der Waals surface area contributed by atoms with Gasteiger partial charge in [-0.3, -0.25) is 5.43 Å². The molecule has 0 amide bonds. The monoisotopic (exact) mass is 433 g/mol. The average Bonchev–Trinajstić information content (AvgIpc) is 2.69. The van der Waals surface area contributed by atoms with Crippen molar-refractivity contribution in [3.63, 3.8) is 0 Å². The fraction of sp³-hybridized carbons (Fsp3) is 0.158. The largest absolute Gasteiger partial charge is 0.490 e. The minimum Gasteiger partial charge on any atom is -0.490 e. The van der Waals surface area contributed by atoms with Gasteiger partial charge in [-0.1, -0.05) is 29.3 Å². The molecule has 2 N–H and O–H groups in total. The van der Waals surface area contributed by atoms with Crippen LogP contribution in [0.5, 0.6) is 11.5 Å². The van der Waals surface area contributed by atoms with Gasteiger partial charge in [0.05, 0.1) is 19.0 Å². The van der Waals surface area contributed by atoms with Crippen molar-refractivity contribution in [3.8, 4) is 11.5 Å². The van der Waals surface area contributed by atoms with Crippen LogP contribution < -0.4 is 20.6 Å². The molecule has 150 valence electrons. The summed E-state index contributed by atoms with van der Waals surface area (Å²) in [5.74, 6) is 1.37. The number of nitrogens with zero attached hydrogens (tertiary/aromatic N) is 3. The van der Waals surface area contributed by atoms with Crippen molar-refractivity contribution >= 4 is 35.2 Å². The molecule has 8 nitrogen and oxygen atoms in total. The van der Waals surface area contributed by atoms with E-state index >= 15 is 0 Å². The Labute approximate surface area is 176 Å². The minimum absolute atomic E-state index is 0.231. The first-order valence-electron chi connectivity index (χ1n) is 8.59. The van der Waals surface area contributed by atoms with E-state index in [9.17, 15) is 4.79 Å². The molecule has 2 aromatic carbocycles. The predicted molar refractivity (Wildman–Crippen MR) is 112 cm³/mol. The second-order valence-corrected chi connectivity index (χ2v) is 6.55. The number of hydrazone groups is 1. The number of rotatable bonds is 8. The van der Waals surface area contributed by atoms with Gasteiger partial charge in [0, 0.05) is 15.6 Å². The number of nitrogens with one attached hydrogen (secondary N) is 2. The van der Waals surface area contributed by atoms with Gasteiger partial charge < -0.3 is 9.47 Å². The number of anilines is 1. The van der Waals surface area contributed by atoms with Crippen LogP contribution in [-0.2, 0) is 6.61 Å². The maximum Gasteiger partial charge on any atom is 0.363 e. The Morgan fingerprint density at radius 3 is 2.79 bits per heavy atom. The van der Waals surface area contributed by atoms with Crippen molar-refractivity contribution in [1.29, 1.82) is 0 Å². The molecule has 0 saturated heterocycles. The molecule has 0 atom stereocenters. The summed E-state index contributed by atoms with van der Waals surface area (Å²) in [6.07, 6.45) is 2.91. The molecule has 0 radical (unpaired) electrons. The first-order chi connectivity index (χ1) is 14.0. The fourth-order valence-electron chi connectivity index (χ4n) is 2.33. The second-order valence-electron chi connectivity index (χ2n) is 5.71. The van der Waals surface area contributed by atoms with Crippen LogP contribution in [0.25, 0.3) is 0 Å². The first-order valence-corrected chi connectivity index (χ1v) is 9.35. The third kappa shape index (κ3) is 5.94. The molecule has 0 unspecified atom stereocenters. The van der Waals surface area contributed by atoms with Crippen molar-refractivity contribution in [2.75, 3.05) is 12.0 Å². The molecule has 3 rings (SSSR count). The van der Waals surface area contributed by atoms with Gasteiger partial charge in [0.25, 0.3) is 0 Å². The van der Waals surface area contributed by atoms with Crippen LogP contribution in [0.4, 0.5) is 5.82 Å². The Balaban J connectivity index is 1.70. The molecule has 29 heavy (non-hydrogen) atoms. The van der Waals surface area contributed by atoms with Gasteiger partial charge >= 0.3 is 5.69 Å². The lowest BCUT2D eigenvalue weighted by molar-refractivity contribution is 0.269. The van der Waals surface area contributed by atoms with E-state index < -0.39 is 5.69 Å². The normalized spacial score (nSPS) is 10.9. The van der Waals surface area contributed by atoms with Gasteiger partial charge in [0.2, 0.25) is 0 Å². The van der Waals surface area contributed by atoms with E-state index in [1.807, 2.05) is 19.1 Å². The van der Waals surface area contributed by atoms with Crippen LogP contribution in [0.1, 0.15) is 18.1 Å². The van der Waals surface area contributed by atoms with E-state index in [2.05, 4.69) is 25.7 Å². The number of H-pyrrole nitrogens is 1. The van der Waals surface area contributed by atoms with Gasteiger partial charge in [0.15, 0.2) is 17.3 Å². The zero-order valence-corrected chi connectivity index (χ0v) is 16.9. The Morgan fingerprint density at radius 1 is 1.17 bits per heavy atom. The van der Waals surface area contributed by atoms with Gasteiger partial charge in [-0.05, 0) is 42.8 Å². The summed E-state index contributed by atoms with van der Waals surface area (Å²) < 4.78 is 11.5. The Bertz CT molecular complexity index is 1070. The molecule has 0 spiro atoms. The van der Waals surface area contributed by atoms with Crippen LogP contribution in [0.2, 0.25) is 10.0 Å². The highest BCUT2D eigenvalue weighted by atomic mass is 35.5. The van der Waals surface area contributed by atoms with E-state index in [4.69, 9.17) is 32.7 Å². The third-order valence-electron chi connectivity index (χ3n) is 3.63. The Morgan fingerprint density at radius 2 is 2.03 bits per heavy atom. The maximum absolute atomic E-state index is 11.1. The quantitative estimate of drug-likeness (QED) is 0.412. The van der Waals surface area contributed by atoms with E-state index in [0.717, 1.165) is 11.1 Å². The highest BCUT2D eigenvalue weighted by Gasteiger charge is 2.08. The lowest BCUT2D eigenvalue weighted by Crippen LogP contribution is -2.13. The number of halogens is 2. The maximum atomic E-state index is 11.1. The summed E-state index contributed by atoms with van der Waals surface area (Å²) in [4.78, 5) is 14.8. The molecule has 1 heterocycles. The molecule has 0 bridgehead atoms. The smallest absolute Gasteiger partial charge is 0.363 e. The number of hydrogen-bond acceptors (Lipinski definition) is 7. The molecular weight excluding hydrogens is 417 g/mol. The fourth-order valence-corrected chi connectivity index (χ4v) is 2.79. The van der Waals surface area contributed by atoms with Crippen LogP contribution in [-0.4, -0.2) is 28.0 Å². The SMILES string of the molecule is CCOc1cc(/C=N/Nc2cn[nH]c(=O)n2)ccc1OCc1ccc(Cl)cc1Cl.